The summed E-state index contributed by atoms with van der Waals surface area (Å²) < 4.78 is 51.6. The molecule has 31 heavy (non-hydrogen) atoms. The Morgan fingerprint density at radius 1 is 0.742 bits per heavy atom. The van der Waals surface area contributed by atoms with Crippen molar-refractivity contribution in [3.63, 3.8) is 0 Å². The molecule has 3 aromatic carbocycles. The second kappa shape index (κ2) is 8.28. The lowest BCUT2D eigenvalue weighted by molar-refractivity contribution is 0.509. The predicted octanol–water partition coefficient (Wildman–Crippen LogP) is 4.39. The quantitative estimate of drug-likeness (QED) is 0.633. The van der Waals surface area contributed by atoms with Gasteiger partial charge in [-0.15, -0.1) is 0 Å². The second-order valence-electron chi connectivity index (χ2n) is 7.81. The Kier molecular flexibility index (Phi) is 6.07. The number of nitrogens with zero attached hydrogens (tertiary/aromatic N) is 2. The Bertz CT molecular complexity index is 1210. The van der Waals surface area contributed by atoms with Crippen molar-refractivity contribution in [2.45, 2.75) is 11.8 Å². The van der Waals surface area contributed by atoms with E-state index in [0.717, 1.165) is 23.0 Å². The van der Waals surface area contributed by atoms with Crippen molar-refractivity contribution in [1.29, 1.82) is 0 Å². The van der Waals surface area contributed by atoms with E-state index < -0.39 is 21.7 Å². The van der Waals surface area contributed by atoms with Gasteiger partial charge in [-0.25, -0.2) is 22.3 Å². The van der Waals surface area contributed by atoms with Gasteiger partial charge in [-0.1, -0.05) is 12.1 Å². The molecule has 0 radical (unpaired) electrons. The van der Waals surface area contributed by atoms with E-state index in [4.69, 9.17) is 5.14 Å². The molecule has 0 atom stereocenters. The van der Waals surface area contributed by atoms with Gasteiger partial charge in [-0.2, -0.15) is 0 Å². The van der Waals surface area contributed by atoms with E-state index in [9.17, 15) is 17.2 Å². The molecular weight excluding hydrogens is 420 g/mol. The summed E-state index contributed by atoms with van der Waals surface area (Å²) in [5.74, 6) is -1.94. The first-order chi connectivity index (χ1) is 14.4. The Balaban J connectivity index is 2.29. The molecule has 164 valence electrons. The van der Waals surface area contributed by atoms with Gasteiger partial charge >= 0.3 is 0 Å². The highest BCUT2D eigenvalue weighted by molar-refractivity contribution is 7.89. The molecule has 0 fully saturated rings. The van der Waals surface area contributed by atoms with Gasteiger partial charge in [0.05, 0.1) is 4.90 Å². The van der Waals surface area contributed by atoms with Crippen LogP contribution in [0.25, 0.3) is 22.3 Å². The van der Waals surface area contributed by atoms with Crippen LogP contribution in [0.1, 0.15) is 5.56 Å². The first kappa shape index (κ1) is 22.7. The fraction of sp³-hybridized carbons (Fsp3) is 0.217. The van der Waals surface area contributed by atoms with Crippen molar-refractivity contribution in [3.05, 3.63) is 65.7 Å². The van der Waals surface area contributed by atoms with Crippen LogP contribution in [0.3, 0.4) is 0 Å². The maximum absolute atomic E-state index is 14.3. The molecule has 2 N–H and O–H groups in total. The Labute approximate surface area is 181 Å². The molecular formula is C23H25F2N3O2S. The monoisotopic (exact) mass is 445 g/mol. The summed E-state index contributed by atoms with van der Waals surface area (Å²) in [7, 11) is 3.82. The number of benzene rings is 3. The first-order valence-corrected chi connectivity index (χ1v) is 11.1. The molecule has 3 rings (SSSR count). The number of nitrogens with two attached hydrogens (primary N) is 1. The van der Waals surface area contributed by atoms with E-state index in [1.54, 1.807) is 0 Å². The third-order valence-corrected chi connectivity index (χ3v) is 6.11. The summed E-state index contributed by atoms with van der Waals surface area (Å²) in [5, 5.41) is 5.17. The lowest BCUT2D eigenvalue weighted by Crippen LogP contribution is -2.15. The van der Waals surface area contributed by atoms with Crippen molar-refractivity contribution in [2.24, 2.45) is 5.14 Å². The Morgan fingerprint density at radius 2 is 1.16 bits per heavy atom. The molecule has 0 amide bonds. The zero-order valence-electron chi connectivity index (χ0n) is 18.1. The zero-order chi connectivity index (χ0) is 23.1. The molecule has 3 aromatic rings. The minimum atomic E-state index is -3.86. The lowest BCUT2D eigenvalue weighted by Gasteiger charge is -2.24. The maximum atomic E-state index is 14.3. The predicted molar refractivity (Wildman–Crippen MR) is 122 cm³/mol. The first-order valence-electron chi connectivity index (χ1n) is 9.52. The molecule has 0 aliphatic carbocycles. The van der Waals surface area contributed by atoms with Gasteiger partial charge < -0.3 is 9.80 Å². The van der Waals surface area contributed by atoms with Gasteiger partial charge in [0.2, 0.25) is 10.0 Å². The van der Waals surface area contributed by atoms with Gasteiger partial charge in [0.15, 0.2) is 11.6 Å². The molecule has 8 heteroatoms. The van der Waals surface area contributed by atoms with E-state index in [1.807, 2.05) is 57.0 Å². The number of primary sulfonamides is 1. The molecule has 0 saturated heterocycles. The fourth-order valence-electron chi connectivity index (χ4n) is 3.62. The standard InChI is InChI=1S/C23H25F2N3O2S/c1-14-22(27(2)3)10-16(11-23(14)28(4)5)19-13-21(25)20(24)12-18(19)15-6-8-17(9-7-15)31(26,29)30/h6-13H,1-5H3,(H2,26,29,30). The third-order valence-electron chi connectivity index (χ3n) is 5.18. The maximum Gasteiger partial charge on any atom is 0.238 e. The summed E-state index contributed by atoms with van der Waals surface area (Å²) in [6.07, 6.45) is 0. The largest absolute Gasteiger partial charge is 0.377 e. The van der Waals surface area contributed by atoms with Crippen LogP contribution < -0.4 is 14.9 Å². The van der Waals surface area contributed by atoms with Gasteiger partial charge in [0, 0.05) is 39.6 Å². The molecule has 0 aromatic heterocycles. The Morgan fingerprint density at radius 3 is 1.55 bits per heavy atom. The van der Waals surface area contributed by atoms with E-state index in [-0.39, 0.29) is 4.90 Å². The van der Waals surface area contributed by atoms with Crippen molar-refractivity contribution < 1.29 is 17.2 Å². The molecule has 0 spiro atoms. The smallest absolute Gasteiger partial charge is 0.238 e. The van der Waals surface area contributed by atoms with Crippen molar-refractivity contribution in [1.82, 2.24) is 0 Å². The molecule has 0 aliphatic rings. The van der Waals surface area contributed by atoms with Crippen LogP contribution in [-0.4, -0.2) is 36.6 Å². The van der Waals surface area contributed by atoms with Crippen LogP contribution in [0, 0.1) is 18.6 Å². The highest BCUT2D eigenvalue weighted by Gasteiger charge is 2.18. The van der Waals surface area contributed by atoms with Crippen LogP contribution >= 0.6 is 0 Å². The molecule has 0 bridgehead atoms. The van der Waals surface area contributed by atoms with Crippen LogP contribution in [0.15, 0.2) is 53.4 Å². The van der Waals surface area contributed by atoms with Gasteiger partial charge in [-0.05, 0) is 71.1 Å². The summed E-state index contributed by atoms with van der Waals surface area (Å²) in [5.41, 5.74) is 5.14. The van der Waals surface area contributed by atoms with Gasteiger partial charge in [-0.3, -0.25) is 0 Å². The lowest BCUT2D eigenvalue weighted by atomic mass is 9.92. The van der Waals surface area contributed by atoms with E-state index in [2.05, 4.69) is 0 Å². The highest BCUT2D eigenvalue weighted by atomic mass is 32.2. The topological polar surface area (TPSA) is 66.6 Å². The van der Waals surface area contributed by atoms with Crippen molar-refractivity contribution >= 4 is 21.4 Å². The van der Waals surface area contributed by atoms with E-state index in [0.29, 0.717) is 22.3 Å². The number of halogens is 2. The van der Waals surface area contributed by atoms with Crippen molar-refractivity contribution in [3.8, 4) is 22.3 Å². The van der Waals surface area contributed by atoms with Crippen LogP contribution in [0.4, 0.5) is 20.2 Å². The summed E-state index contributed by atoms with van der Waals surface area (Å²) in [6, 6.07) is 11.9. The number of hydrogen-bond acceptors (Lipinski definition) is 4. The summed E-state index contributed by atoms with van der Waals surface area (Å²) in [4.78, 5) is 3.87. The fourth-order valence-corrected chi connectivity index (χ4v) is 4.13. The average Bonchev–Trinajstić information content (AvgIpc) is 2.69. The normalized spacial score (nSPS) is 11.5. The molecule has 5 nitrogen and oxygen atoms in total. The van der Waals surface area contributed by atoms with Crippen LogP contribution in [-0.2, 0) is 10.0 Å². The van der Waals surface area contributed by atoms with Gasteiger partial charge in [0.25, 0.3) is 0 Å². The molecule has 0 heterocycles. The second-order valence-corrected chi connectivity index (χ2v) is 9.37. The summed E-state index contributed by atoms with van der Waals surface area (Å²) in [6.45, 7) is 2.01. The van der Waals surface area contributed by atoms with Crippen LogP contribution in [0.2, 0.25) is 0 Å². The minimum Gasteiger partial charge on any atom is -0.377 e. The van der Waals surface area contributed by atoms with Crippen molar-refractivity contribution in [2.75, 3.05) is 38.0 Å². The zero-order valence-corrected chi connectivity index (χ0v) is 18.9. The number of hydrogen-bond donors (Lipinski definition) is 1. The molecule has 0 saturated carbocycles. The molecule has 0 aliphatic heterocycles. The highest BCUT2D eigenvalue weighted by Crippen LogP contribution is 2.39. The molecule has 0 unspecified atom stereocenters. The Hall–Kier alpha value is -2.97. The van der Waals surface area contributed by atoms with E-state index >= 15 is 0 Å². The van der Waals surface area contributed by atoms with Crippen LogP contribution in [0.5, 0.6) is 0 Å². The van der Waals surface area contributed by atoms with Gasteiger partial charge in [0.1, 0.15) is 0 Å². The number of sulfonamides is 1. The minimum absolute atomic E-state index is 0.0551. The number of rotatable bonds is 5. The SMILES string of the molecule is Cc1c(N(C)C)cc(-c2cc(F)c(F)cc2-c2ccc(S(N)(=O)=O)cc2)cc1N(C)C. The third kappa shape index (κ3) is 4.55. The van der Waals surface area contributed by atoms with E-state index in [1.165, 1.54) is 30.3 Å². The summed E-state index contributed by atoms with van der Waals surface area (Å²) >= 11 is 0. The number of anilines is 2. The average molecular weight is 446 g/mol.